The summed E-state index contributed by atoms with van der Waals surface area (Å²) in [6.45, 7) is -0.574. The summed E-state index contributed by atoms with van der Waals surface area (Å²) < 4.78 is 58.4. The van der Waals surface area contributed by atoms with Crippen LogP contribution >= 0.6 is 0 Å². The maximum Gasteiger partial charge on any atom is 0.324 e. The number of rotatable bonds is 6. The lowest BCUT2D eigenvalue weighted by molar-refractivity contribution is -0.152. The largest absolute Gasteiger partial charge is 0.454 e. The highest BCUT2D eigenvalue weighted by molar-refractivity contribution is 7.89. The van der Waals surface area contributed by atoms with Gasteiger partial charge in [0.05, 0.1) is 10.6 Å². The standard InChI is InChI=1S/C20H20F2N2O5S/c21-14-9-10-17(16(22)12-14)23-19(25)13-29-20(26)18-8-4-5-11-24(18)30(27,28)15-6-2-1-3-7-15/h1-3,6-7,9-10,12,18H,4-5,8,11,13H2,(H,23,25). The van der Waals surface area contributed by atoms with Crippen LogP contribution < -0.4 is 5.32 Å². The van der Waals surface area contributed by atoms with E-state index in [1.165, 1.54) is 12.1 Å². The first-order valence-corrected chi connectivity index (χ1v) is 10.7. The van der Waals surface area contributed by atoms with Gasteiger partial charge in [0.25, 0.3) is 5.91 Å². The van der Waals surface area contributed by atoms with Gasteiger partial charge in [-0.05, 0) is 43.5 Å². The van der Waals surface area contributed by atoms with Crippen molar-refractivity contribution in [3.8, 4) is 0 Å². The third-order valence-electron chi connectivity index (χ3n) is 4.63. The number of sulfonamides is 1. The number of carbonyl (C=O) groups excluding carboxylic acids is 2. The number of nitrogens with one attached hydrogen (secondary N) is 1. The summed E-state index contributed by atoms with van der Waals surface area (Å²) in [5, 5.41) is 2.17. The van der Waals surface area contributed by atoms with Crippen LogP contribution in [0, 0.1) is 11.6 Å². The first kappa shape index (κ1) is 21.8. The van der Waals surface area contributed by atoms with E-state index in [1.807, 2.05) is 0 Å². The smallest absolute Gasteiger partial charge is 0.324 e. The summed E-state index contributed by atoms with van der Waals surface area (Å²) in [5.74, 6) is -3.46. The number of hydrogen-bond acceptors (Lipinski definition) is 5. The van der Waals surface area contributed by atoms with Crippen molar-refractivity contribution in [1.29, 1.82) is 0 Å². The second kappa shape index (κ2) is 9.31. The maximum atomic E-state index is 13.6. The van der Waals surface area contributed by atoms with Gasteiger partial charge >= 0.3 is 5.97 Å². The van der Waals surface area contributed by atoms with Gasteiger partial charge in [0, 0.05) is 12.6 Å². The quantitative estimate of drug-likeness (QED) is 0.700. The number of ether oxygens (including phenoxy) is 1. The van der Waals surface area contributed by atoms with Crippen LogP contribution in [0.1, 0.15) is 19.3 Å². The molecule has 2 aromatic rings. The van der Waals surface area contributed by atoms with Gasteiger partial charge in [-0.3, -0.25) is 9.59 Å². The van der Waals surface area contributed by atoms with Crippen LogP contribution in [-0.4, -0.2) is 43.8 Å². The summed E-state index contributed by atoms with van der Waals surface area (Å²) >= 11 is 0. The van der Waals surface area contributed by atoms with Crippen LogP contribution in [0.2, 0.25) is 0 Å². The number of benzene rings is 2. The number of carbonyl (C=O) groups is 2. The van der Waals surface area contributed by atoms with E-state index < -0.39 is 46.2 Å². The Kier molecular flexibility index (Phi) is 6.78. The van der Waals surface area contributed by atoms with Crippen molar-refractivity contribution >= 4 is 27.6 Å². The zero-order valence-electron chi connectivity index (χ0n) is 15.9. The fourth-order valence-corrected chi connectivity index (χ4v) is 4.83. The predicted octanol–water partition coefficient (Wildman–Crippen LogP) is 2.69. The zero-order valence-corrected chi connectivity index (χ0v) is 16.7. The minimum absolute atomic E-state index is 0.0641. The molecule has 0 radical (unpaired) electrons. The molecule has 10 heteroatoms. The molecule has 1 saturated heterocycles. The highest BCUT2D eigenvalue weighted by Crippen LogP contribution is 2.26. The average molecular weight is 438 g/mol. The van der Waals surface area contributed by atoms with Crippen LogP contribution in [-0.2, 0) is 24.3 Å². The topological polar surface area (TPSA) is 92.8 Å². The third kappa shape index (κ3) is 5.00. The molecular formula is C20H20F2N2O5S. The molecule has 0 saturated carbocycles. The summed E-state index contributed by atoms with van der Waals surface area (Å²) in [4.78, 5) is 24.5. The minimum atomic E-state index is -3.91. The van der Waals surface area contributed by atoms with E-state index in [1.54, 1.807) is 18.2 Å². The van der Waals surface area contributed by atoms with E-state index >= 15 is 0 Å². The molecule has 2 aromatic carbocycles. The van der Waals surface area contributed by atoms with E-state index in [4.69, 9.17) is 4.74 Å². The molecule has 1 aliphatic rings. The van der Waals surface area contributed by atoms with Crippen LogP contribution in [0.3, 0.4) is 0 Å². The molecule has 1 amide bonds. The number of hydrogen-bond donors (Lipinski definition) is 1. The lowest BCUT2D eigenvalue weighted by Crippen LogP contribution is -2.48. The Hall–Kier alpha value is -2.85. The van der Waals surface area contributed by atoms with E-state index in [0.717, 1.165) is 16.4 Å². The van der Waals surface area contributed by atoms with Crippen molar-refractivity contribution in [3.05, 3.63) is 60.2 Å². The monoisotopic (exact) mass is 438 g/mol. The van der Waals surface area contributed by atoms with Gasteiger partial charge in [0.2, 0.25) is 10.0 Å². The molecule has 7 nitrogen and oxygen atoms in total. The van der Waals surface area contributed by atoms with E-state index in [2.05, 4.69) is 5.32 Å². The van der Waals surface area contributed by atoms with Crippen molar-refractivity contribution in [1.82, 2.24) is 4.31 Å². The predicted molar refractivity (Wildman–Crippen MR) is 104 cm³/mol. The Morgan fingerprint density at radius 2 is 1.83 bits per heavy atom. The highest BCUT2D eigenvalue weighted by atomic mass is 32.2. The Morgan fingerprint density at radius 1 is 1.10 bits per heavy atom. The molecule has 160 valence electrons. The average Bonchev–Trinajstić information content (AvgIpc) is 2.74. The summed E-state index contributed by atoms with van der Waals surface area (Å²) in [6.07, 6.45) is 1.49. The van der Waals surface area contributed by atoms with Crippen LogP contribution in [0.15, 0.2) is 53.4 Å². The van der Waals surface area contributed by atoms with Gasteiger partial charge in [-0.15, -0.1) is 0 Å². The van der Waals surface area contributed by atoms with Gasteiger partial charge < -0.3 is 10.1 Å². The molecule has 0 aromatic heterocycles. The van der Waals surface area contributed by atoms with Crippen molar-refractivity contribution in [2.75, 3.05) is 18.5 Å². The fourth-order valence-electron chi connectivity index (χ4n) is 3.17. The Morgan fingerprint density at radius 3 is 2.53 bits per heavy atom. The van der Waals surface area contributed by atoms with E-state index in [-0.39, 0.29) is 23.5 Å². The molecule has 0 aliphatic carbocycles. The molecule has 1 N–H and O–H groups in total. The maximum absolute atomic E-state index is 13.6. The number of piperidine rings is 1. The van der Waals surface area contributed by atoms with Crippen molar-refractivity contribution < 1.29 is 31.5 Å². The zero-order chi connectivity index (χ0) is 21.7. The fraction of sp³-hybridized carbons (Fsp3) is 0.300. The Balaban J connectivity index is 1.65. The molecule has 0 bridgehead atoms. The second-order valence-electron chi connectivity index (χ2n) is 6.72. The second-order valence-corrected chi connectivity index (χ2v) is 8.61. The normalized spacial score (nSPS) is 17.3. The van der Waals surface area contributed by atoms with Gasteiger partial charge in [-0.25, -0.2) is 17.2 Å². The SMILES string of the molecule is O=C(COC(=O)C1CCCCN1S(=O)(=O)c1ccccc1)Nc1ccc(F)cc1F. The van der Waals surface area contributed by atoms with Crippen molar-refractivity contribution in [3.63, 3.8) is 0 Å². The summed E-state index contributed by atoms with van der Waals surface area (Å²) in [7, 11) is -3.91. The lowest BCUT2D eigenvalue weighted by Gasteiger charge is -2.32. The molecular weight excluding hydrogens is 418 g/mol. The molecule has 1 fully saturated rings. The number of amides is 1. The van der Waals surface area contributed by atoms with Gasteiger partial charge in [-0.2, -0.15) is 4.31 Å². The molecule has 1 atom stereocenters. The van der Waals surface area contributed by atoms with E-state index in [9.17, 15) is 26.8 Å². The Bertz CT molecular complexity index is 1030. The molecule has 1 heterocycles. The lowest BCUT2D eigenvalue weighted by atomic mass is 10.1. The van der Waals surface area contributed by atoms with Gasteiger partial charge in [-0.1, -0.05) is 18.2 Å². The molecule has 0 spiro atoms. The number of halogens is 2. The Labute approximate surface area is 172 Å². The first-order chi connectivity index (χ1) is 14.3. The van der Waals surface area contributed by atoms with Gasteiger partial charge in [0.15, 0.2) is 6.61 Å². The van der Waals surface area contributed by atoms with Crippen molar-refractivity contribution in [2.24, 2.45) is 0 Å². The van der Waals surface area contributed by atoms with Crippen LogP contribution in [0.4, 0.5) is 14.5 Å². The molecule has 1 aliphatic heterocycles. The van der Waals surface area contributed by atoms with Crippen LogP contribution in [0.25, 0.3) is 0 Å². The van der Waals surface area contributed by atoms with Crippen LogP contribution in [0.5, 0.6) is 0 Å². The number of nitrogens with zero attached hydrogens (tertiary/aromatic N) is 1. The number of esters is 1. The molecule has 30 heavy (non-hydrogen) atoms. The minimum Gasteiger partial charge on any atom is -0.454 e. The van der Waals surface area contributed by atoms with E-state index in [0.29, 0.717) is 18.9 Å². The van der Waals surface area contributed by atoms with Gasteiger partial charge in [0.1, 0.15) is 17.7 Å². The third-order valence-corrected chi connectivity index (χ3v) is 6.55. The summed E-state index contributed by atoms with van der Waals surface area (Å²) in [6, 6.07) is 9.30. The highest BCUT2D eigenvalue weighted by Gasteiger charge is 2.38. The molecule has 3 rings (SSSR count). The van der Waals surface area contributed by atoms with Crippen molar-refractivity contribution in [2.45, 2.75) is 30.2 Å². The molecule has 1 unspecified atom stereocenters. The number of anilines is 1. The first-order valence-electron chi connectivity index (χ1n) is 9.27. The summed E-state index contributed by atoms with van der Waals surface area (Å²) in [5.41, 5.74) is -0.261.